The molecule has 0 saturated carbocycles. The van der Waals surface area contributed by atoms with Crippen LogP contribution in [0.4, 0.5) is 0 Å². The molecule has 1 saturated heterocycles. The summed E-state index contributed by atoms with van der Waals surface area (Å²) in [5.74, 6) is 0. The fourth-order valence-corrected chi connectivity index (χ4v) is 3.29. The van der Waals surface area contributed by atoms with Gasteiger partial charge in [-0.2, -0.15) is 5.10 Å². The summed E-state index contributed by atoms with van der Waals surface area (Å²) in [6.45, 7) is 6.74. The largest absolute Gasteiger partial charge is 0.306 e. The second-order valence-electron chi connectivity index (χ2n) is 6.19. The Hall–Kier alpha value is -1.61. The number of nitrogens with zero attached hydrogens (tertiary/aromatic N) is 3. The Balaban J connectivity index is 1.92. The molecule has 1 fully saturated rings. The first-order valence-corrected chi connectivity index (χ1v) is 8.01. The maximum absolute atomic E-state index is 4.62. The van der Waals surface area contributed by atoms with Crippen LogP contribution in [0.25, 0.3) is 11.3 Å². The van der Waals surface area contributed by atoms with Gasteiger partial charge in [0.2, 0.25) is 0 Å². The highest BCUT2D eigenvalue weighted by Crippen LogP contribution is 2.29. The average molecular weight is 283 g/mol. The molecule has 0 radical (unpaired) electrons. The molecule has 0 amide bonds. The van der Waals surface area contributed by atoms with Crippen LogP contribution >= 0.6 is 0 Å². The van der Waals surface area contributed by atoms with Crippen molar-refractivity contribution in [3.05, 3.63) is 41.6 Å². The van der Waals surface area contributed by atoms with Crippen LogP contribution in [0.2, 0.25) is 0 Å². The predicted octanol–water partition coefficient (Wildman–Crippen LogP) is 3.69. The molecule has 0 unspecified atom stereocenters. The van der Waals surface area contributed by atoms with Crippen LogP contribution in [0.3, 0.4) is 0 Å². The van der Waals surface area contributed by atoms with Gasteiger partial charge >= 0.3 is 0 Å². The number of likely N-dealkylation sites (tertiary alicyclic amines) is 1. The lowest BCUT2D eigenvalue weighted by atomic mass is 10.0. The Morgan fingerprint density at radius 3 is 2.67 bits per heavy atom. The lowest BCUT2D eigenvalue weighted by Crippen LogP contribution is -2.32. The number of rotatable bonds is 3. The van der Waals surface area contributed by atoms with E-state index in [2.05, 4.69) is 59.8 Å². The summed E-state index contributed by atoms with van der Waals surface area (Å²) in [5, 5.41) is 4.62. The lowest BCUT2D eigenvalue weighted by molar-refractivity contribution is 0.213. The third-order valence-corrected chi connectivity index (χ3v) is 4.73. The summed E-state index contributed by atoms with van der Waals surface area (Å²) in [6.07, 6.45) is 5.41. The van der Waals surface area contributed by atoms with Crippen molar-refractivity contribution in [2.24, 2.45) is 0 Å². The third-order valence-electron chi connectivity index (χ3n) is 4.73. The van der Waals surface area contributed by atoms with Gasteiger partial charge in [0.05, 0.1) is 11.7 Å². The SMILES string of the molecule is CCc1cc(-c2ccnn2C2CCN(C)CC2)ccc1C. The summed E-state index contributed by atoms with van der Waals surface area (Å²) < 4.78 is 2.25. The van der Waals surface area contributed by atoms with Crippen LogP contribution in [-0.2, 0) is 6.42 Å². The Kier molecular flexibility index (Phi) is 4.11. The maximum Gasteiger partial charge on any atom is 0.0685 e. The lowest BCUT2D eigenvalue weighted by Gasteiger charge is -2.30. The minimum Gasteiger partial charge on any atom is -0.306 e. The molecule has 2 aromatic rings. The van der Waals surface area contributed by atoms with Crippen LogP contribution in [0.15, 0.2) is 30.5 Å². The van der Waals surface area contributed by atoms with Gasteiger partial charge in [0.25, 0.3) is 0 Å². The number of benzene rings is 1. The standard InChI is InChI=1S/C18H25N3/c1-4-15-13-16(6-5-14(15)2)18-7-10-19-21(18)17-8-11-20(3)12-9-17/h5-7,10,13,17H,4,8-9,11-12H2,1-3H3. The summed E-state index contributed by atoms with van der Waals surface area (Å²) in [7, 11) is 2.20. The quantitative estimate of drug-likeness (QED) is 0.856. The predicted molar refractivity (Wildman–Crippen MR) is 87.5 cm³/mol. The van der Waals surface area contributed by atoms with Crippen molar-refractivity contribution in [1.29, 1.82) is 0 Å². The second kappa shape index (κ2) is 6.02. The molecule has 0 bridgehead atoms. The smallest absolute Gasteiger partial charge is 0.0685 e. The summed E-state index contributed by atoms with van der Waals surface area (Å²) in [6, 6.07) is 9.50. The summed E-state index contributed by atoms with van der Waals surface area (Å²) in [4.78, 5) is 2.40. The first-order valence-electron chi connectivity index (χ1n) is 8.01. The highest BCUT2D eigenvalue weighted by molar-refractivity contribution is 5.61. The molecule has 1 aromatic heterocycles. The van der Waals surface area contributed by atoms with E-state index in [-0.39, 0.29) is 0 Å². The fourth-order valence-electron chi connectivity index (χ4n) is 3.29. The highest BCUT2D eigenvalue weighted by Gasteiger charge is 2.21. The zero-order valence-corrected chi connectivity index (χ0v) is 13.3. The molecule has 1 aliphatic rings. The topological polar surface area (TPSA) is 21.1 Å². The molecular formula is C18H25N3. The van der Waals surface area contributed by atoms with Gasteiger partial charge in [0, 0.05) is 11.8 Å². The van der Waals surface area contributed by atoms with Crippen LogP contribution in [0.5, 0.6) is 0 Å². The van der Waals surface area contributed by atoms with E-state index in [0.717, 1.165) is 19.5 Å². The fraction of sp³-hybridized carbons (Fsp3) is 0.500. The molecule has 1 aromatic carbocycles. The molecule has 112 valence electrons. The van der Waals surface area contributed by atoms with Crippen molar-refractivity contribution in [2.45, 2.75) is 39.2 Å². The van der Waals surface area contributed by atoms with Crippen molar-refractivity contribution in [3.8, 4) is 11.3 Å². The van der Waals surface area contributed by atoms with Gasteiger partial charge in [-0.25, -0.2) is 0 Å². The van der Waals surface area contributed by atoms with Gasteiger partial charge in [0.15, 0.2) is 0 Å². The summed E-state index contributed by atoms with van der Waals surface area (Å²) >= 11 is 0. The number of hydrogen-bond acceptors (Lipinski definition) is 2. The maximum atomic E-state index is 4.62. The Morgan fingerprint density at radius 1 is 1.19 bits per heavy atom. The van der Waals surface area contributed by atoms with E-state index in [1.807, 2.05) is 6.20 Å². The van der Waals surface area contributed by atoms with Crippen molar-refractivity contribution < 1.29 is 0 Å². The van der Waals surface area contributed by atoms with Gasteiger partial charge in [-0.05, 0) is 69.6 Å². The van der Waals surface area contributed by atoms with Crippen molar-refractivity contribution in [2.75, 3.05) is 20.1 Å². The third kappa shape index (κ3) is 2.88. The van der Waals surface area contributed by atoms with Crippen LogP contribution in [-0.4, -0.2) is 34.8 Å². The van der Waals surface area contributed by atoms with Gasteiger partial charge in [0.1, 0.15) is 0 Å². The van der Waals surface area contributed by atoms with E-state index in [1.165, 1.54) is 35.2 Å². The minimum atomic E-state index is 0.539. The Morgan fingerprint density at radius 2 is 1.95 bits per heavy atom. The minimum absolute atomic E-state index is 0.539. The Labute approximate surface area is 127 Å². The molecule has 3 heteroatoms. The molecule has 21 heavy (non-hydrogen) atoms. The molecule has 3 rings (SSSR count). The van der Waals surface area contributed by atoms with Gasteiger partial charge < -0.3 is 4.90 Å². The molecule has 0 atom stereocenters. The van der Waals surface area contributed by atoms with Gasteiger partial charge in [-0.3, -0.25) is 4.68 Å². The van der Waals surface area contributed by atoms with E-state index in [0.29, 0.717) is 6.04 Å². The van der Waals surface area contributed by atoms with E-state index in [1.54, 1.807) is 0 Å². The summed E-state index contributed by atoms with van der Waals surface area (Å²) in [5.41, 5.74) is 5.38. The molecule has 1 aliphatic heterocycles. The average Bonchev–Trinajstić information content (AvgIpc) is 2.98. The first-order chi connectivity index (χ1) is 10.2. The molecular weight excluding hydrogens is 258 g/mol. The zero-order chi connectivity index (χ0) is 14.8. The van der Waals surface area contributed by atoms with E-state index < -0.39 is 0 Å². The normalized spacial score (nSPS) is 17.3. The number of hydrogen-bond donors (Lipinski definition) is 0. The first kappa shape index (κ1) is 14.3. The van der Waals surface area contributed by atoms with Crippen LogP contribution in [0, 0.1) is 6.92 Å². The van der Waals surface area contributed by atoms with Crippen LogP contribution < -0.4 is 0 Å². The van der Waals surface area contributed by atoms with E-state index in [4.69, 9.17) is 0 Å². The monoisotopic (exact) mass is 283 g/mol. The van der Waals surface area contributed by atoms with Crippen LogP contribution in [0.1, 0.15) is 36.9 Å². The zero-order valence-electron chi connectivity index (χ0n) is 13.3. The second-order valence-corrected chi connectivity index (χ2v) is 6.19. The van der Waals surface area contributed by atoms with Crippen molar-refractivity contribution >= 4 is 0 Å². The van der Waals surface area contributed by atoms with E-state index in [9.17, 15) is 0 Å². The number of aromatic nitrogens is 2. The molecule has 0 N–H and O–H groups in total. The molecule has 0 aliphatic carbocycles. The van der Waals surface area contributed by atoms with Crippen molar-refractivity contribution in [3.63, 3.8) is 0 Å². The van der Waals surface area contributed by atoms with Gasteiger partial charge in [-0.15, -0.1) is 0 Å². The molecule has 2 heterocycles. The van der Waals surface area contributed by atoms with Gasteiger partial charge in [-0.1, -0.05) is 19.1 Å². The molecule has 0 spiro atoms. The highest BCUT2D eigenvalue weighted by atomic mass is 15.3. The number of aryl methyl sites for hydroxylation is 2. The number of piperidine rings is 1. The van der Waals surface area contributed by atoms with E-state index >= 15 is 0 Å². The van der Waals surface area contributed by atoms with Crippen molar-refractivity contribution in [1.82, 2.24) is 14.7 Å². The molecule has 3 nitrogen and oxygen atoms in total. The Bertz CT molecular complexity index is 607.